The maximum Gasteiger partial charge on any atom is 0.305 e. The Morgan fingerprint density at radius 2 is 0.900 bits per heavy atom. The van der Waals surface area contributed by atoms with Gasteiger partial charge in [0.2, 0.25) is 0 Å². The Morgan fingerprint density at radius 1 is 0.533 bits per heavy atom. The first kappa shape index (κ1) is 28.7. The molecule has 0 bridgehead atoms. The molecule has 0 spiro atoms. The summed E-state index contributed by atoms with van der Waals surface area (Å²) in [5.74, 6) is -0.0913. The first-order valence-corrected chi connectivity index (χ1v) is 12.7. The smallest absolute Gasteiger partial charge is 0.305 e. The van der Waals surface area contributed by atoms with E-state index in [0.717, 1.165) is 44.9 Å². The highest BCUT2D eigenvalue weighted by molar-refractivity contribution is 5.69. The fourth-order valence-electron chi connectivity index (χ4n) is 3.30. The van der Waals surface area contributed by atoms with E-state index in [-0.39, 0.29) is 11.9 Å². The molecule has 4 heteroatoms. The fraction of sp³-hybridized carbons (Fsp3) is 0.846. The molecular formula is C26H48O4. The number of carbonyl (C=O) groups is 2. The summed E-state index contributed by atoms with van der Waals surface area (Å²) in [6, 6.07) is 0. The summed E-state index contributed by atoms with van der Waals surface area (Å²) in [6.45, 7) is 5.14. The topological polar surface area (TPSA) is 52.6 Å². The Labute approximate surface area is 186 Å². The molecule has 0 aromatic heterocycles. The van der Waals surface area contributed by atoms with Crippen LogP contribution < -0.4 is 0 Å². The molecule has 0 aliphatic carbocycles. The third-order valence-corrected chi connectivity index (χ3v) is 5.10. The lowest BCUT2D eigenvalue weighted by Gasteiger charge is -2.04. The largest absolute Gasteiger partial charge is 0.466 e. The van der Waals surface area contributed by atoms with Crippen molar-refractivity contribution in [2.75, 3.05) is 13.2 Å². The number of hydrogen-bond donors (Lipinski definition) is 0. The van der Waals surface area contributed by atoms with Crippen LogP contribution in [0.5, 0.6) is 0 Å². The molecule has 0 aliphatic heterocycles. The number of rotatable bonds is 22. The third-order valence-electron chi connectivity index (χ3n) is 5.10. The fourth-order valence-corrected chi connectivity index (χ4v) is 3.30. The number of esters is 2. The SMILES string of the molecule is CCCOC(=O)CCC/C=C/CCCCCCCCCCCCCC(=O)OCCC. The summed E-state index contributed by atoms with van der Waals surface area (Å²) in [4.78, 5) is 22.7. The van der Waals surface area contributed by atoms with Crippen molar-refractivity contribution in [3.63, 3.8) is 0 Å². The molecule has 0 amide bonds. The lowest BCUT2D eigenvalue weighted by atomic mass is 10.0. The summed E-state index contributed by atoms with van der Waals surface area (Å²) in [5, 5.41) is 0. The minimum atomic E-state index is -0.0605. The Balaban J connectivity index is 3.19. The highest BCUT2D eigenvalue weighted by atomic mass is 16.5. The van der Waals surface area contributed by atoms with Gasteiger partial charge in [-0.3, -0.25) is 9.59 Å². The summed E-state index contributed by atoms with van der Waals surface area (Å²) < 4.78 is 10.1. The summed E-state index contributed by atoms with van der Waals surface area (Å²) >= 11 is 0. The molecule has 0 rings (SSSR count). The van der Waals surface area contributed by atoms with Gasteiger partial charge in [-0.1, -0.05) is 83.8 Å². The summed E-state index contributed by atoms with van der Waals surface area (Å²) in [7, 11) is 0. The summed E-state index contributed by atoms with van der Waals surface area (Å²) in [5.41, 5.74) is 0. The Hall–Kier alpha value is -1.32. The second-order valence-electron chi connectivity index (χ2n) is 8.23. The van der Waals surface area contributed by atoms with Crippen LogP contribution in [0, 0.1) is 0 Å². The Morgan fingerprint density at radius 3 is 1.37 bits per heavy atom. The van der Waals surface area contributed by atoms with E-state index < -0.39 is 0 Å². The molecule has 0 atom stereocenters. The van der Waals surface area contributed by atoms with Gasteiger partial charge in [-0.15, -0.1) is 0 Å². The van der Waals surface area contributed by atoms with E-state index in [4.69, 9.17) is 9.47 Å². The van der Waals surface area contributed by atoms with E-state index >= 15 is 0 Å². The van der Waals surface area contributed by atoms with Crippen LogP contribution in [-0.4, -0.2) is 25.2 Å². The van der Waals surface area contributed by atoms with Crippen molar-refractivity contribution in [2.24, 2.45) is 0 Å². The molecule has 0 aliphatic rings. The lowest BCUT2D eigenvalue weighted by Crippen LogP contribution is -2.04. The van der Waals surface area contributed by atoms with Gasteiger partial charge >= 0.3 is 11.9 Å². The molecule has 0 N–H and O–H groups in total. The minimum Gasteiger partial charge on any atom is -0.466 e. The lowest BCUT2D eigenvalue weighted by molar-refractivity contribution is -0.144. The first-order chi connectivity index (χ1) is 14.7. The van der Waals surface area contributed by atoms with Crippen molar-refractivity contribution < 1.29 is 19.1 Å². The van der Waals surface area contributed by atoms with Crippen LogP contribution in [0.3, 0.4) is 0 Å². The molecule has 0 heterocycles. The van der Waals surface area contributed by atoms with Crippen LogP contribution in [-0.2, 0) is 19.1 Å². The van der Waals surface area contributed by atoms with E-state index in [1.54, 1.807) is 0 Å². The predicted molar refractivity (Wildman–Crippen MR) is 126 cm³/mol. The third kappa shape index (κ3) is 23.0. The number of carbonyl (C=O) groups excluding carboxylic acids is 2. The standard InChI is InChI=1S/C26H48O4/c1-3-23-29-25(27)21-19-17-15-13-11-9-7-5-6-8-10-12-14-16-18-20-22-26(28)30-24-4-2/h13,15H,3-12,14,16-24H2,1-2H3/b15-13+. The monoisotopic (exact) mass is 424 g/mol. The molecule has 0 fully saturated rings. The Bertz CT molecular complexity index is 417. The minimum absolute atomic E-state index is 0.0308. The number of ether oxygens (including phenoxy) is 2. The highest BCUT2D eigenvalue weighted by Crippen LogP contribution is 2.13. The maximum absolute atomic E-state index is 11.4. The second-order valence-corrected chi connectivity index (χ2v) is 8.23. The van der Waals surface area contributed by atoms with Gasteiger partial charge in [0, 0.05) is 12.8 Å². The van der Waals surface area contributed by atoms with Crippen molar-refractivity contribution >= 4 is 11.9 Å². The molecular weight excluding hydrogens is 376 g/mol. The maximum atomic E-state index is 11.4. The molecule has 0 aromatic carbocycles. The van der Waals surface area contributed by atoms with Crippen LogP contribution in [0.2, 0.25) is 0 Å². The van der Waals surface area contributed by atoms with Crippen molar-refractivity contribution in [3.05, 3.63) is 12.2 Å². The normalized spacial score (nSPS) is 11.1. The molecule has 0 saturated carbocycles. The van der Waals surface area contributed by atoms with E-state index in [1.165, 1.54) is 57.8 Å². The molecule has 0 saturated heterocycles. The van der Waals surface area contributed by atoms with Gasteiger partial charge in [0.05, 0.1) is 13.2 Å². The molecule has 4 nitrogen and oxygen atoms in total. The van der Waals surface area contributed by atoms with E-state index in [0.29, 0.717) is 26.1 Å². The van der Waals surface area contributed by atoms with Crippen LogP contribution >= 0.6 is 0 Å². The van der Waals surface area contributed by atoms with Crippen molar-refractivity contribution in [2.45, 2.75) is 129 Å². The molecule has 30 heavy (non-hydrogen) atoms. The Kier molecular flexibility index (Phi) is 22.9. The average Bonchev–Trinajstić information content (AvgIpc) is 2.75. The van der Waals surface area contributed by atoms with Crippen molar-refractivity contribution in [1.82, 2.24) is 0 Å². The first-order valence-electron chi connectivity index (χ1n) is 12.7. The van der Waals surface area contributed by atoms with Crippen LogP contribution in [0.15, 0.2) is 12.2 Å². The molecule has 176 valence electrons. The zero-order valence-electron chi connectivity index (χ0n) is 19.9. The predicted octanol–water partition coefficient (Wildman–Crippen LogP) is 7.69. The number of unbranched alkanes of at least 4 members (excludes halogenated alkanes) is 12. The van der Waals surface area contributed by atoms with Gasteiger partial charge < -0.3 is 9.47 Å². The quantitative estimate of drug-likeness (QED) is 0.101. The van der Waals surface area contributed by atoms with Crippen molar-refractivity contribution in [3.8, 4) is 0 Å². The van der Waals surface area contributed by atoms with Gasteiger partial charge in [-0.05, 0) is 44.9 Å². The van der Waals surface area contributed by atoms with Gasteiger partial charge in [0.25, 0.3) is 0 Å². The van der Waals surface area contributed by atoms with Crippen LogP contribution in [0.1, 0.15) is 129 Å². The van der Waals surface area contributed by atoms with Crippen LogP contribution in [0.25, 0.3) is 0 Å². The molecule has 0 unspecified atom stereocenters. The van der Waals surface area contributed by atoms with E-state index in [2.05, 4.69) is 12.2 Å². The van der Waals surface area contributed by atoms with Gasteiger partial charge in [-0.25, -0.2) is 0 Å². The van der Waals surface area contributed by atoms with Gasteiger partial charge in [0.1, 0.15) is 0 Å². The van der Waals surface area contributed by atoms with Gasteiger partial charge in [-0.2, -0.15) is 0 Å². The number of allylic oxidation sites excluding steroid dienone is 2. The zero-order valence-corrected chi connectivity index (χ0v) is 19.9. The van der Waals surface area contributed by atoms with Crippen molar-refractivity contribution in [1.29, 1.82) is 0 Å². The summed E-state index contributed by atoms with van der Waals surface area (Å²) in [6.07, 6.45) is 24.4. The van der Waals surface area contributed by atoms with E-state index in [1.807, 2.05) is 13.8 Å². The van der Waals surface area contributed by atoms with E-state index in [9.17, 15) is 9.59 Å². The highest BCUT2D eigenvalue weighted by Gasteiger charge is 2.01. The molecule has 0 radical (unpaired) electrons. The second kappa shape index (κ2) is 24.0. The van der Waals surface area contributed by atoms with Crippen LogP contribution in [0.4, 0.5) is 0 Å². The average molecular weight is 425 g/mol. The number of hydrogen-bond acceptors (Lipinski definition) is 4. The van der Waals surface area contributed by atoms with Gasteiger partial charge in [0.15, 0.2) is 0 Å². The molecule has 0 aromatic rings. The zero-order chi connectivity index (χ0) is 22.1.